The summed E-state index contributed by atoms with van der Waals surface area (Å²) in [5.41, 5.74) is 2.92. The van der Waals surface area contributed by atoms with E-state index in [9.17, 15) is 0 Å². The SMILES string of the molecule is CC(C)(C)[C]c1ccccc1C(C)(C)C. The van der Waals surface area contributed by atoms with E-state index >= 15 is 0 Å². The highest BCUT2D eigenvalue weighted by molar-refractivity contribution is 5.38. The van der Waals surface area contributed by atoms with Gasteiger partial charge in [-0.2, -0.15) is 0 Å². The zero-order valence-electron chi connectivity index (χ0n) is 10.8. The molecule has 0 aromatic heterocycles. The van der Waals surface area contributed by atoms with Crippen molar-refractivity contribution < 1.29 is 0 Å². The van der Waals surface area contributed by atoms with Gasteiger partial charge in [-0.1, -0.05) is 65.8 Å². The number of rotatable bonds is 1. The van der Waals surface area contributed by atoms with Crippen LogP contribution < -0.4 is 0 Å². The van der Waals surface area contributed by atoms with E-state index < -0.39 is 0 Å². The van der Waals surface area contributed by atoms with E-state index in [2.05, 4.69) is 72.2 Å². The quantitative estimate of drug-likeness (QED) is 0.630. The first-order chi connectivity index (χ1) is 6.70. The molecule has 0 aliphatic rings. The Morgan fingerprint density at radius 3 is 1.87 bits per heavy atom. The predicted molar refractivity (Wildman–Crippen MR) is 66.9 cm³/mol. The summed E-state index contributed by atoms with van der Waals surface area (Å²) < 4.78 is 0. The molecule has 0 heterocycles. The van der Waals surface area contributed by atoms with E-state index in [0.29, 0.717) is 0 Å². The van der Waals surface area contributed by atoms with Gasteiger partial charge in [0.15, 0.2) is 0 Å². The summed E-state index contributed by atoms with van der Waals surface area (Å²) in [5, 5.41) is 0. The molecule has 0 amide bonds. The Balaban J connectivity index is 3.08. The maximum atomic E-state index is 3.56. The zero-order valence-corrected chi connectivity index (χ0v) is 10.8. The lowest BCUT2D eigenvalue weighted by Gasteiger charge is -2.26. The Labute approximate surface area is 94.7 Å². The van der Waals surface area contributed by atoms with E-state index in [1.54, 1.807) is 0 Å². The molecule has 1 aromatic rings. The minimum Gasteiger partial charge on any atom is -0.0620 e. The van der Waals surface area contributed by atoms with Crippen LogP contribution in [0.1, 0.15) is 52.7 Å². The van der Waals surface area contributed by atoms with Crippen LogP contribution in [-0.2, 0) is 5.41 Å². The smallest absolute Gasteiger partial charge is 0.0226 e. The minimum absolute atomic E-state index is 0.112. The zero-order chi connectivity index (χ0) is 11.7. The fraction of sp³-hybridized carbons (Fsp3) is 0.533. The molecule has 0 saturated carbocycles. The molecule has 2 radical (unpaired) electrons. The second-order valence-corrected chi connectivity index (χ2v) is 6.17. The molecule has 0 heteroatoms. The standard InChI is InChI=1S/C15H22/c1-14(2,3)11-12-9-7-8-10-13(12)15(4,5)6/h7-10H,1-6H3. The average Bonchev–Trinajstić information content (AvgIpc) is 1.99. The summed E-state index contributed by atoms with van der Waals surface area (Å²) in [5.74, 6) is 0. The van der Waals surface area contributed by atoms with Gasteiger partial charge in [0.1, 0.15) is 0 Å². The third-order valence-corrected chi connectivity index (χ3v) is 2.24. The van der Waals surface area contributed by atoms with Crippen LogP contribution in [0.15, 0.2) is 24.3 Å². The molecule has 0 spiro atoms. The second kappa shape index (κ2) is 4.00. The lowest BCUT2D eigenvalue weighted by molar-refractivity contribution is 0.499. The van der Waals surface area contributed by atoms with E-state index in [1.165, 1.54) is 11.1 Å². The summed E-state index contributed by atoms with van der Waals surface area (Å²) >= 11 is 0. The van der Waals surface area contributed by atoms with Gasteiger partial charge in [0.2, 0.25) is 0 Å². The van der Waals surface area contributed by atoms with Gasteiger partial charge in [-0.05, 0) is 22.0 Å². The molecule has 0 N–H and O–H groups in total. The first-order valence-electron chi connectivity index (χ1n) is 5.58. The normalized spacial score (nSPS) is 12.9. The fourth-order valence-electron chi connectivity index (χ4n) is 1.65. The lowest BCUT2D eigenvalue weighted by atomic mass is 9.78. The molecule has 0 aliphatic carbocycles. The molecule has 0 unspecified atom stereocenters. The van der Waals surface area contributed by atoms with E-state index in [4.69, 9.17) is 0 Å². The molecular formula is C15H22. The maximum absolute atomic E-state index is 3.56. The largest absolute Gasteiger partial charge is 0.0620 e. The summed E-state index contributed by atoms with van der Waals surface area (Å²) in [6, 6.07) is 8.55. The van der Waals surface area contributed by atoms with Gasteiger partial charge in [0, 0.05) is 6.42 Å². The Morgan fingerprint density at radius 2 is 1.40 bits per heavy atom. The van der Waals surface area contributed by atoms with Crippen LogP contribution in [0.2, 0.25) is 0 Å². The first kappa shape index (κ1) is 12.3. The number of benzene rings is 1. The van der Waals surface area contributed by atoms with Crippen molar-refractivity contribution in [3.8, 4) is 0 Å². The van der Waals surface area contributed by atoms with Crippen molar-refractivity contribution in [3.05, 3.63) is 41.8 Å². The van der Waals surface area contributed by atoms with Crippen molar-refractivity contribution in [2.45, 2.75) is 47.0 Å². The fourth-order valence-corrected chi connectivity index (χ4v) is 1.65. The molecule has 0 atom stereocenters. The van der Waals surface area contributed by atoms with Crippen LogP contribution in [-0.4, -0.2) is 0 Å². The maximum Gasteiger partial charge on any atom is 0.0226 e. The third kappa shape index (κ3) is 3.70. The van der Waals surface area contributed by atoms with Crippen LogP contribution in [0.4, 0.5) is 0 Å². The monoisotopic (exact) mass is 202 g/mol. The van der Waals surface area contributed by atoms with Crippen molar-refractivity contribution in [2.24, 2.45) is 5.41 Å². The molecule has 0 saturated heterocycles. The number of hydrogen-bond donors (Lipinski definition) is 0. The first-order valence-corrected chi connectivity index (χ1v) is 5.58. The summed E-state index contributed by atoms with van der Waals surface area (Å²) in [6.45, 7) is 13.3. The van der Waals surface area contributed by atoms with Crippen LogP contribution in [0.3, 0.4) is 0 Å². The summed E-state index contributed by atoms with van der Waals surface area (Å²) in [7, 11) is 0. The molecule has 1 aromatic carbocycles. The Morgan fingerprint density at radius 1 is 0.867 bits per heavy atom. The molecule has 15 heavy (non-hydrogen) atoms. The second-order valence-electron chi connectivity index (χ2n) is 6.17. The van der Waals surface area contributed by atoms with Crippen molar-refractivity contribution in [3.63, 3.8) is 0 Å². The molecule has 1 rings (SSSR count). The Hall–Kier alpha value is -0.780. The minimum atomic E-state index is 0.112. The van der Waals surface area contributed by atoms with Gasteiger partial charge in [-0.3, -0.25) is 0 Å². The van der Waals surface area contributed by atoms with E-state index in [0.717, 1.165) is 0 Å². The van der Waals surface area contributed by atoms with Crippen molar-refractivity contribution in [2.75, 3.05) is 0 Å². The van der Waals surface area contributed by atoms with Gasteiger partial charge in [-0.15, -0.1) is 0 Å². The molecule has 0 bridgehead atoms. The predicted octanol–water partition coefficient (Wildman–Crippen LogP) is 4.46. The molecule has 82 valence electrons. The van der Waals surface area contributed by atoms with Crippen LogP contribution >= 0.6 is 0 Å². The lowest BCUT2D eigenvalue weighted by Crippen LogP contribution is -2.16. The Bertz CT molecular complexity index is 321. The average molecular weight is 202 g/mol. The van der Waals surface area contributed by atoms with Gasteiger partial charge in [-0.25, -0.2) is 0 Å². The highest BCUT2D eigenvalue weighted by Gasteiger charge is 2.21. The van der Waals surface area contributed by atoms with Gasteiger partial charge >= 0.3 is 0 Å². The van der Waals surface area contributed by atoms with E-state index in [-0.39, 0.29) is 10.8 Å². The summed E-state index contributed by atoms with van der Waals surface area (Å²) in [4.78, 5) is 0. The molecule has 0 fully saturated rings. The molecule has 0 nitrogen and oxygen atoms in total. The van der Waals surface area contributed by atoms with E-state index in [1.807, 2.05) is 0 Å². The van der Waals surface area contributed by atoms with Crippen molar-refractivity contribution in [1.82, 2.24) is 0 Å². The topological polar surface area (TPSA) is 0 Å². The highest BCUT2D eigenvalue weighted by atomic mass is 14.2. The van der Waals surface area contributed by atoms with Gasteiger partial charge in [0.05, 0.1) is 0 Å². The summed E-state index contributed by atoms with van der Waals surface area (Å²) in [6.07, 6.45) is 3.56. The highest BCUT2D eigenvalue weighted by Crippen LogP contribution is 2.31. The van der Waals surface area contributed by atoms with Crippen molar-refractivity contribution >= 4 is 0 Å². The van der Waals surface area contributed by atoms with Gasteiger partial charge in [0.25, 0.3) is 0 Å². The molecular weight excluding hydrogens is 180 g/mol. The van der Waals surface area contributed by atoms with Crippen LogP contribution in [0, 0.1) is 11.8 Å². The Kier molecular flexibility index (Phi) is 3.28. The van der Waals surface area contributed by atoms with Crippen LogP contribution in [0.5, 0.6) is 0 Å². The van der Waals surface area contributed by atoms with Gasteiger partial charge < -0.3 is 0 Å². The third-order valence-electron chi connectivity index (χ3n) is 2.24. The van der Waals surface area contributed by atoms with Crippen LogP contribution in [0.25, 0.3) is 0 Å². The molecule has 0 aliphatic heterocycles. The number of hydrogen-bond acceptors (Lipinski definition) is 0. The van der Waals surface area contributed by atoms with Crippen molar-refractivity contribution in [1.29, 1.82) is 0 Å².